The number of nitrogens with one attached hydrogen (secondary N) is 1. The van der Waals surface area contributed by atoms with Crippen LogP contribution in [0.5, 0.6) is 11.5 Å². The highest BCUT2D eigenvalue weighted by Crippen LogP contribution is 2.30. The van der Waals surface area contributed by atoms with E-state index in [0.717, 1.165) is 0 Å². The molecule has 1 aliphatic heterocycles. The van der Waals surface area contributed by atoms with Crippen molar-refractivity contribution in [2.45, 2.75) is 6.10 Å². The largest absolute Gasteiger partial charge is 0.486 e. The Balaban J connectivity index is 1.43. The molecule has 1 atom stereocenters. The van der Waals surface area contributed by atoms with Crippen LogP contribution in [0.4, 0.5) is 0 Å². The second kappa shape index (κ2) is 7.85. The van der Waals surface area contributed by atoms with Crippen LogP contribution in [0.3, 0.4) is 0 Å². The molecule has 1 aromatic carbocycles. The first kappa shape index (κ1) is 17.0. The number of ether oxygens (including phenoxy) is 3. The number of pyridine rings is 1. The number of para-hydroxylation sites is 2. The SMILES string of the molecule is O=C(COC(=O)c1cccnc1Cl)NC[C@H]1COc2ccccc2O1. The third-order valence-electron chi connectivity index (χ3n) is 3.41. The van der Waals surface area contributed by atoms with Crippen molar-refractivity contribution < 1.29 is 23.8 Å². The smallest absolute Gasteiger partial charge is 0.341 e. The van der Waals surface area contributed by atoms with Crippen LogP contribution in [0, 0.1) is 0 Å². The minimum absolute atomic E-state index is 0.0272. The molecule has 1 aliphatic rings. The fourth-order valence-corrected chi connectivity index (χ4v) is 2.39. The van der Waals surface area contributed by atoms with Gasteiger partial charge in [0.15, 0.2) is 18.1 Å². The maximum Gasteiger partial charge on any atom is 0.341 e. The first-order chi connectivity index (χ1) is 12.1. The molecule has 2 aromatic rings. The van der Waals surface area contributed by atoms with Crippen LogP contribution in [0.1, 0.15) is 10.4 Å². The van der Waals surface area contributed by atoms with E-state index >= 15 is 0 Å². The first-order valence-corrected chi connectivity index (χ1v) is 7.94. The quantitative estimate of drug-likeness (QED) is 0.645. The van der Waals surface area contributed by atoms with E-state index in [0.29, 0.717) is 18.1 Å². The number of carbonyl (C=O) groups is 2. The summed E-state index contributed by atoms with van der Waals surface area (Å²) in [4.78, 5) is 27.4. The zero-order chi connectivity index (χ0) is 17.6. The highest BCUT2D eigenvalue weighted by atomic mass is 35.5. The van der Waals surface area contributed by atoms with Crippen LogP contribution < -0.4 is 14.8 Å². The fourth-order valence-electron chi connectivity index (χ4n) is 2.19. The van der Waals surface area contributed by atoms with Gasteiger partial charge in [-0.1, -0.05) is 23.7 Å². The van der Waals surface area contributed by atoms with Gasteiger partial charge in [0.1, 0.15) is 17.9 Å². The Bertz CT molecular complexity index is 783. The number of hydrogen-bond acceptors (Lipinski definition) is 6. The van der Waals surface area contributed by atoms with Gasteiger partial charge < -0.3 is 19.5 Å². The molecular formula is C17H15ClN2O5. The number of aromatic nitrogens is 1. The molecule has 0 saturated heterocycles. The topological polar surface area (TPSA) is 86.8 Å². The highest BCUT2D eigenvalue weighted by molar-refractivity contribution is 6.32. The first-order valence-electron chi connectivity index (χ1n) is 7.56. The molecule has 1 N–H and O–H groups in total. The third kappa shape index (κ3) is 4.39. The summed E-state index contributed by atoms with van der Waals surface area (Å²) in [5, 5.41) is 2.66. The minimum atomic E-state index is -0.709. The lowest BCUT2D eigenvalue weighted by molar-refractivity contribution is -0.124. The van der Waals surface area contributed by atoms with E-state index < -0.39 is 18.5 Å². The van der Waals surface area contributed by atoms with Gasteiger partial charge in [0.05, 0.1) is 12.1 Å². The molecule has 8 heteroatoms. The van der Waals surface area contributed by atoms with E-state index in [1.54, 1.807) is 12.1 Å². The average molecular weight is 363 g/mol. The van der Waals surface area contributed by atoms with Gasteiger partial charge in [-0.05, 0) is 24.3 Å². The van der Waals surface area contributed by atoms with Gasteiger partial charge in [0.25, 0.3) is 5.91 Å². The second-order valence-corrected chi connectivity index (χ2v) is 5.58. The van der Waals surface area contributed by atoms with Gasteiger partial charge in [0.2, 0.25) is 0 Å². The summed E-state index contributed by atoms with van der Waals surface area (Å²) in [6.45, 7) is 0.134. The summed E-state index contributed by atoms with van der Waals surface area (Å²) < 4.78 is 16.2. The molecule has 25 heavy (non-hydrogen) atoms. The van der Waals surface area contributed by atoms with Gasteiger partial charge in [-0.25, -0.2) is 9.78 Å². The number of amides is 1. The summed E-state index contributed by atoms with van der Waals surface area (Å²) in [6.07, 6.45) is 1.14. The van der Waals surface area contributed by atoms with Gasteiger partial charge >= 0.3 is 5.97 Å². The standard InChI is InChI=1S/C17H15ClN2O5/c18-16-12(4-3-7-19-16)17(22)24-10-15(21)20-8-11-9-23-13-5-1-2-6-14(13)25-11/h1-7,11H,8-10H2,(H,20,21)/t11-/m0/s1. The van der Waals surface area contributed by atoms with Crippen LogP contribution in [-0.4, -0.2) is 42.7 Å². The molecule has 0 spiro atoms. The van der Waals surface area contributed by atoms with Crippen molar-refractivity contribution in [3.8, 4) is 11.5 Å². The molecule has 130 valence electrons. The van der Waals surface area contributed by atoms with E-state index in [-0.39, 0.29) is 23.4 Å². The lowest BCUT2D eigenvalue weighted by atomic mass is 10.2. The van der Waals surface area contributed by atoms with Gasteiger partial charge in [-0.2, -0.15) is 0 Å². The van der Waals surface area contributed by atoms with Crippen molar-refractivity contribution in [2.75, 3.05) is 19.8 Å². The summed E-state index contributed by atoms with van der Waals surface area (Å²) in [5.74, 6) is 0.147. The molecule has 0 radical (unpaired) electrons. The predicted octanol–water partition coefficient (Wildman–Crippen LogP) is 1.85. The number of esters is 1. The molecule has 0 bridgehead atoms. The Labute approximate surface area is 148 Å². The number of fused-ring (bicyclic) bond motifs is 1. The lowest BCUT2D eigenvalue weighted by Gasteiger charge is -2.26. The Morgan fingerprint density at radius 3 is 2.84 bits per heavy atom. The molecule has 0 saturated carbocycles. The van der Waals surface area contributed by atoms with Crippen molar-refractivity contribution in [3.05, 3.63) is 53.3 Å². The number of hydrogen-bond donors (Lipinski definition) is 1. The Morgan fingerprint density at radius 2 is 2.04 bits per heavy atom. The molecule has 1 amide bonds. The van der Waals surface area contributed by atoms with E-state index in [1.807, 2.05) is 18.2 Å². The zero-order valence-corrected chi connectivity index (χ0v) is 13.9. The summed E-state index contributed by atoms with van der Waals surface area (Å²) in [6, 6.07) is 10.3. The van der Waals surface area contributed by atoms with Gasteiger partial charge in [-0.3, -0.25) is 4.79 Å². The molecule has 0 unspecified atom stereocenters. The molecule has 0 aliphatic carbocycles. The maximum absolute atomic E-state index is 11.8. The summed E-state index contributed by atoms with van der Waals surface area (Å²) in [5.41, 5.74) is 0.109. The second-order valence-electron chi connectivity index (χ2n) is 5.22. The van der Waals surface area contributed by atoms with E-state index in [9.17, 15) is 9.59 Å². The Kier molecular flexibility index (Phi) is 5.35. The van der Waals surface area contributed by atoms with Crippen LogP contribution >= 0.6 is 11.6 Å². The van der Waals surface area contributed by atoms with Crippen molar-refractivity contribution in [1.82, 2.24) is 10.3 Å². The van der Waals surface area contributed by atoms with Gasteiger partial charge in [0, 0.05) is 6.20 Å². The Hall–Kier alpha value is -2.80. The predicted molar refractivity (Wildman–Crippen MR) is 88.9 cm³/mol. The van der Waals surface area contributed by atoms with Crippen LogP contribution in [0.25, 0.3) is 0 Å². The monoisotopic (exact) mass is 362 g/mol. The number of nitrogens with zero attached hydrogens (tertiary/aromatic N) is 1. The number of rotatable bonds is 5. The molecule has 3 rings (SSSR count). The van der Waals surface area contributed by atoms with Crippen molar-refractivity contribution in [3.63, 3.8) is 0 Å². The van der Waals surface area contributed by atoms with Crippen LogP contribution in [-0.2, 0) is 9.53 Å². The van der Waals surface area contributed by atoms with E-state index in [2.05, 4.69) is 10.3 Å². The highest BCUT2D eigenvalue weighted by Gasteiger charge is 2.21. The average Bonchev–Trinajstić information content (AvgIpc) is 2.64. The van der Waals surface area contributed by atoms with Crippen molar-refractivity contribution in [2.24, 2.45) is 0 Å². The van der Waals surface area contributed by atoms with Crippen molar-refractivity contribution in [1.29, 1.82) is 0 Å². The van der Waals surface area contributed by atoms with Crippen LogP contribution in [0.15, 0.2) is 42.6 Å². The molecule has 0 fully saturated rings. The third-order valence-corrected chi connectivity index (χ3v) is 3.71. The van der Waals surface area contributed by atoms with Crippen LogP contribution in [0.2, 0.25) is 5.15 Å². The Morgan fingerprint density at radius 1 is 1.24 bits per heavy atom. The molecule has 2 heterocycles. The molecule has 7 nitrogen and oxygen atoms in total. The summed E-state index contributed by atoms with van der Waals surface area (Å²) >= 11 is 5.80. The van der Waals surface area contributed by atoms with Gasteiger partial charge in [-0.15, -0.1) is 0 Å². The number of carbonyl (C=O) groups excluding carboxylic acids is 2. The number of benzene rings is 1. The van der Waals surface area contributed by atoms with E-state index in [4.69, 9.17) is 25.8 Å². The molecule has 1 aromatic heterocycles. The maximum atomic E-state index is 11.8. The van der Waals surface area contributed by atoms with Crippen molar-refractivity contribution >= 4 is 23.5 Å². The fraction of sp³-hybridized carbons (Fsp3) is 0.235. The zero-order valence-electron chi connectivity index (χ0n) is 13.1. The normalized spacial score (nSPS) is 15.3. The lowest BCUT2D eigenvalue weighted by Crippen LogP contribution is -2.42. The summed E-state index contributed by atoms with van der Waals surface area (Å²) in [7, 11) is 0. The minimum Gasteiger partial charge on any atom is -0.486 e. The van der Waals surface area contributed by atoms with E-state index in [1.165, 1.54) is 12.3 Å². The molecular weight excluding hydrogens is 348 g/mol. The number of halogens is 1.